The van der Waals surface area contributed by atoms with E-state index in [1.165, 1.54) is 0 Å². The fraction of sp³-hybridized carbons (Fsp3) is 0.923. The number of esters is 1. The van der Waals surface area contributed by atoms with Crippen LogP contribution in [0.15, 0.2) is 0 Å². The van der Waals surface area contributed by atoms with Gasteiger partial charge in [-0.15, -0.1) is 0 Å². The number of carbonyl (C=O) groups excluding carboxylic acids is 1. The van der Waals surface area contributed by atoms with Crippen molar-refractivity contribution in [3.8, 4) is 0 Å². The number of aliphatic hydroxyl groups is 2. The highest BCUT2D eigenvalue weighted by Crippen LogP contribution is 2.36. The molecule has 0 aromatic carbocycles. The molecule has 1 rings (SSSR count). The van der Waals surface area contributed by atoms with Crippen molar-refractivity contribution < 1.29 is 19.7 Å². The molecule has 0 radical (unpaired) electrons. The number of carbonyl (C=O) groups is 1. The van der Waals surface area contributed by atoms with E-state index in [-0.39, 0.29) is 24.4 Å². The lowest BCUT2D eigenvalue weighted by Gasteiger charge is -2.27. The van der Waals surface area contributed by atoms with Gasteiger partial charge in [0.1, 0.15) is 0 Å². The molecule has 0 saturated heterocycles. The lowest BCUT2D eigenvalue weighted by atomic mass is 9.87. The van der Waals surface area contributed by atoms with Gasteiger partial charge >= 0.3 is 5.97 Å². The molecule has 0 aromatic heterocycles. The normalized spacial score (nSPS) is 19.7. The summed E-state index contributed by atoms with van der Waals surface area (Å²) in [5.41, 5.74) is -0.0242. The summed E-state index contributed by atoms with van der Waals surface area (Å²) in [6.07, 6.45) is 3.68. The van der Waals surface area contributed by atoms with Crippen LogP contribution < -0.4 is 5.32 Å². The number of hydrogen-bond donors (Lipinski definition) is 3. The molecule has 106 valence electrons. The van der Waals surface area contributed by atoms with Crippen LogP contribution in [0.2, 0.25) is 0 Å². The average molecular weight is 259 g/mol. The first-order valence-electron chi connectivity index (χ1n) is 6.77. The van der Waals surface area contributed by atoms with Crippen LogP contribution in [0.25, 0.3) is 0 Å². The fourth-order valence-electron chi connectivity index (χ4n) is 2.50. The number of nitrogens with one attached hydrogen (secondary N) is 1. The van der Waals surface area contributed by atoms with E-state index in [0.29, 0.717) is 19.7 Å². The SMILES string of the molecule is CCOC(=O)CC(O)CNCC1(CO)CCCC1. The molecule has 0 spiro atoms. The quantitative estimate of drug-likeness (QED) is 0.551. The summed E-state index contributed by atoms with van der Waals surface area (Å²) in [6.45, 7) is 3.33. The third kappa shape index (κ3) is 4.92. The molecule has 0 bridgehead atoms. The summed E-state index contributed by atoms with van der Waals surface area (Å²) in [4.78, 5) is 11.1. The minimum absolute atomic E-state index is 0.0208. The highest BCUT2D eigenvalue weighted by atomic mass is 16.5. The Hall–Kier alpha value is -0.650. The predicted molar refractivity (Wildman–Crippen MR) is 68.1 cm³/mol. The zero-order valence-electron chi connectivity index (χ0n) is 11.2. The molecule has 0 heterocycles. The Morgan fingerprint density at radius 1 is 1.44 bits per heavy atom. The van der Waals surface area contributed by atoms with Crippen LogP contribution in [-0.2, 0) is 9.53 Å². The highest BCUT2D eigenvalue weighted by Gasteiger charge is 2.32. The molecule has 0 aromatic rings. The first-order chi connectivity index (χ1) is 8.62. The molecule has 1 unspecified atom stereocenters. The first-order valence-corrected chi connectivity index (χ1v) is 6.77. The topological polar surface area (TPSA) is 78.8 Å². The zero-order chi connectivity index (χ0) is 13.4. The molecule has 1 aliphatic rings. The van der Waals surface area contributed by atoms with Gasteiger partial charge in [0.2, 0.25) is 0 Å². The Bertz CT molecular complexity index is 251. The average Bonchev–Trinajstić information content (AvgIpc) is 2.78. The number of aliphatic hydroxyl groups excluding tert-OH is 2. The minimum atomic E-state index is -0.721. The van der Waals surface area contributed by atoms with Gasteiger partial charge in [0.05, 0.1) is 19.1 Å². The summed E-state index contributed by atoms with van der Waals surface area (Å²) < 4.78 is 4.77. The standard InChI is InChI=1S/C13H25NO4/c1-2-18-12(17)7-11(16)8-14-9-13(10-15)5-3-4-6-13/h11,14-16H,2-10H2,1H3. The molecular weight excluding hydrogens is 234 g/mol. The van der Waals surface area contributed by atoms with Crippen LogP contribution in [-0.4, -0.2) is 48.6 Å². The summed E-state index contributed by atoms with van der Waals surface area (Å²) in [6, 6.07) is 0. The molecule has 5 nitrogen and oxygen atoms in total. The van der Waals surface area contributed by atoms with Crippen molar-refractivity contribution in [2.45, 2.75) is 45.1 Å². The van der Waals surface area contributed by atoms with Crippen molar-refractivity contribution in [1.82, 2.24) is 5.32 Å². The van der Waals surface area contributed by atoms with Crippen molar-refractivity contribution in [2.24, 2.45) is 5.41 Å². The van der Waals surface area contributed by atoms with E-state index in [9.17, 15) is 15.0 Å². The first kappa shape index (κ1) is 15.4. The van der Waals surface area contributed by atoms with Crippen molar-refractivity contribution in [3.63, 3.8) is 0 Å². The van der Waals surface area contributed by atoms with Gasteiger partial charge in [0.25, 0.3) is 0 Å². The van der Waals surface area contributed by atoms with Gasteiger partial charge in [-0.05, 0) is 19.8 Å². The van der Waals surface area contributed by atoms with Crippen molar-refractivity contribution >= 4 is 5.97 Å². The number of hydrogen-bond acceptors (Lipinski definition) is 5. The van der Waals surface area contributed by atoms with Crippen LogP contribution in [0.4, 0.5) is 0 Å². The van der Waals surface area contributed by atoms with Crippen LogP contribution in [0.5, 0.6) is 0 Å². The summed E-state index contributed by atoms with van der Waals surface area (Å²) in [7, 11) is 0. The van der Waals surface area contributed by atoms with E-state index >= 15 is 0 Å². The van der Waals surface area contributed by atoms with E-state index in [1.807, 2.05) is 0 Å². The second-order valence-corrected chi connectivity index (χ2v) is 5.16. The van der Waals surface area contributed by atoms with Crippen LogP contribution in [0, 0.1) is 5.41 Å². The smallest absolute Gasteiger partial charge is 0.308 e. The molecule has 0 amide bonds. The van der Waals surface area contributed by atoms with Crippen LogP contribution in [0.3, 0.4) is 0 Å². The van der Waals surface area contributed by atoms with Gasteiger partial charge in [-0.25, -0.2) is 0 Å². The van der Waals surface area contributed by atoms with E-state index in [0.717, 1.165) is 25.7 Å². The molecule has 1 fully saturated rings. The van der Waals surface area contributed by atoms with Crippen LogP contribution >= 0.6 is 0 Å². The van der Waals surface area contributed by atoms with E-state index in [4.69, 9.17) is 4.74 Å². The van der Waals surface area contributed by atoms with Gasteiger partial charge in [0.15, 0.2) is 0 Å². The molecular formula is C13H25NO4. The van der Waals surface area contributed by atoms with Gasteiger partial charge in [-0.1, -0.05) is 12.8 Å². The second kappa shape index (κ2) is 7.71. The largest absolute Gasteiger partial charge is 0.466 e. The van der Waals surface area contributed by atoms with E-state index in [1.54, 1.807) is 6.92 Å². The van der Waals surface area contributed by atoms with Crippen molar-refractivity contribution in [2.75, 3.05) is 26.3 Å². The third-order valence-corrected chi connectivity index (χ3v) is 3.59. The molecule has 1 atom stereocenters. The molecule has 3 N–H and O–H groups in total. The van der Waals surface area contributed by atoms with Gasteiger partial charge in [0, 0.05) is 25.1 Å². The third-order valence-electron chi connectivity index (χ3n) is 3.59. The minimum Gasteiger partial charge on any atom is -0.466 e. The Balaban J connectivity index is 2.18. The maximum Gasteiger partial charge on any atom is 0.308 e. The molecule has 5 heteroatoms. The molecule has 1 aliphatic carbocycles. The van der Waals surface area contributed by atoms with Gasteiger partial charge in [-0.2, -0.15) is 0 Å². The predicted octanol–water partition coefficient (Wildman–Crippen LogP) is 0.443. The van der Waals surface area contributed by atoms with Crippen LogP contribution in [0.1, 0.15) is 39.0 Å². The summed E-state index contributed by atoms with van der Waals surface area (Å²) in [5.74, 6) is -0.371. The van der Waals surface area contributed by atoms with Gasteiger partial charge in [-0.3, -0.25) is 4.79 Å². The van der Waals surface area contributed by atoms with Crippen molar-refractivity contribution in [3.05, 3.63) is 0 Å². The number of ether oxygens (including phenoxy) is 1. The lowest BCUT2D eigenvalue weighted by molar-refractivity contribution is -0.145. The summed E-state index contributed by atoms with van der Waals surface area (Å²) >= 11 is 0. The Morgan fingerprint density at radius 3 is 2.67 bits per heavy atom. The van der Waals surface area contributed by atoms with E-state index in [2.05, 4.69) is 5.32 Å². The Labute approximate surface area is 109 Å². The maximum absolute atomic E-state index is 11.1. The van der Waals surface area contributed by atoms with Crippen molar-refractivity contribution in [1.29, 1.82) is 0 Å². The zero-order valence-corrected chi connectivity index (χ0v) is 11.2. The molecule has 1 saturated carbocycles. The lowest BCUT2D eigenvalue weighted by Crippen LogP contribution is -2.39. The molecule has 0 aliphatic heterocycles. The molecule has 18 heavy (non-hydrogen) atoms. The monoisotopic (exact) mass is 259 g/mol. The number of rotatable bonds is 8. The Morgan fingerprint density at radius 2 is 2.11 bits per heavy atom. The highest BCUT2D eigenvalue weighted by molar-refractivity contribution is 5.69. The Kier molecular flexibility index (Phi) is 6.60. The van der Waals surface area contributed by atoms with Gasteiger partial charge < -0.3 is 20.3 Å². The van der Waals surface area contributed by atoms with E-state index < -0.39 is 6.10 Å². The second-order valence-electron chi connectivity index (χ2n) is 5.16. The summed E-state index contributed by atoms with van der Waals surface area (Å²) in [5, 5.41) is 22.2. The maximum atomic E-state index is 11.1. The fourth-order valence-corrected chi connectivity index (χ4v) is 2.50.